The molecule has 0 fully saturated rings. The van der Waals surface area contributed by atoms with Crippen molar-refractivity contribution < 1.29 is 14.6 Å². The summed E-state index contributed by atoms with van der Waals surface area (Å²) < 4.78 is 4.93. The second-order valence-electron chi connectivity index (χ2n) is 3.49. The molecule has 0 aliphatic rings. The Morgan fingerprint density at radius 2 is 2.12 bits per heavy atom. The largest absolute Gasteiger partial charge is 0.459 e. The van der Waals surface area contributed by atoms with Gasteiger partial charge in [-0.3, -0.25) is 0 Å². The second kappa shape index (κ2) is 5.94. The number of aliphatic hydroxyl groups excluding tert-OH is 1. The van der Waals surface area contributed by atoms with Crippen LogP contribution in [0.25, 0.3) is 0 Å². The quantitative estimate of drug-likeness (QED) is 0.615. The monoisotopic (exact) mass is 218 g/mol. The van der Waals surface area contributed by atoms with E-state index in [9.17, 15) is 9.90 Å². The van der Waals surface area contributed by atoms with Gasteiger partial charge in [0.25, 0.3) is 0 Å². The molecular formula is C13H14O3. The van der Waals surface area contributed by atoms with E-state index in [0.29, 0.717) is 5.56 Å². The summed E-state index contributed by atoms with van der Waals surface area (Å²) in [7, 11) is 0. The Bertz CT molecular complexity index is 378. The lowest BCUT2D eigenvalue weighted by atomic mass is 10.1. The molecule has 0 saturated carbocycles. The summed E-state index contributed by atoms with van der Waals surface area (Å²) in [6.07, 6.45) is 4.32. The molecule has 0 spiro atoms. The molecule has 16 heavy (non-hydrogen) atoms. The number of esters is 1. The van der Waals surface area contributed by atoms with Crippen molar-refractivity contribution in [3.8, 4) is 12.3 Å². The molecule has 0 amide bonds. The van der Waals surface area contributed by atoms with Gasteiger partial charge in [-0.15, -0.1) is 12.3 Å². The van der Waals surface area contributed by atoms with Crippen LogP contribution in [0.15, 0.2) is 30.3 Å². The second-order valence-corrected chi connectivity index (χ2v) is 3.49. The fourth-order valence-corrected chi connectivity index (χ4v) is 1.07. The van der Waals surface area contributed by atoms with E-state index in [4.69, 9.17) is 11.2 Å². The zero-order valence-corrected chi connectivity index (χ0v) is 9.09. The number of carbonyl (C=O) groups is 1. The molecule has 0 saturated heterocycles. The smallest absolute Gasteiger partial charge is 0.338 e. The molecule has 0 heterocycles. The number of carbonyl (C=O) groups excluding carboxylic acids is 1. The minimum atomic E-state index is -0.822. The van der Waals surface area contributed by atoms with Crippen molar-refractivity contribution in [2.45, 2.75) is 13.0 Å². The molecule has 1 aromatic carbocycles. The minimum absolute atomic E-state index is 0.0842. The molecule has 0 aromatic heterocycles. The van der Waals surface area contributed by atoms with Crippen molar-refractivity contribution in [2.75, 3.05) is 6.61 Å². The van der Waals surface area contributed by atoms with E-state index in [2.05, 4.69) is 5.92 Å². The third kappa shape index (κ3) is 3.41. The van der Waals surface area contributed by atoms with Crippen LogP contribution in [0.2, 0.25) is 0 Å². The van der Waals surface area contributed by atoms with Crippen LogP contribution in [0.5, 0.6) is 0 Å². The number of ether oxygens (including phenoxy) is 1. The topological polar surface area (TPSA) is 46.5 Å². The number of hydrogen-bond acceptors (Lipinski definition) is 3. The van der Waals surface area contributed by atoms with Gasteiger partial charge in [0.05, 0.1) is 5.56 Å². The maximum absolute atomic E-state index is 11.5. The van der Waals surface area contributed by atoms with Crippen LogP contribution in [-0.2, 0) is 4.74 Å². The maximum atomic E-state index is 11.5. The van der Waals surface area contributed by atoms with Crippen LogP contribution in [0.3, 0.4) is 0 Å². The van der Waals surface area contributed by atoms with E-state index in [1.54, 1.807) is 31.2 Å². The predicted molar refractivity (Wildman–Crippen MR) is 60.7 cm³/mol. The van der Waals surface area contributed by atoms with Gasteiger partial charge in [0, 0.05) is 5.92 Å². The molecule has 1 aromatic rings. The van der Waals surface area contributed by atoms with Crippen LogP contribution < -0.4 is 0 Å². The van der Waals surface area contributed by atoms with E-state index in [0.717, 1.165) is 0 Å². The third-order valence-corrected chi connectivity index (χ3v) is 2.23. The lowest BCUT2D eigenvalue weighted by molar-refractivity contribution is 0.0181. The highest BCUT2D eigenvalue weighted by atomic mass is 16.5. The molecule has 0 aliphatic carbocycles. The summed E-state index contributed by atoms with van der Waals surface area (Å²) in [4.78, 5) is 11.5. The first-order chi connectivity index (χ1) is 7.65. The minimum Gasteiger partial charge on any atom is -0.459 e. The SMILES string of the molecule is C#C[C@H](C)[C@@H](O)COC(=O)c1ccccc1. The summed E-state index contributed by atoms with van der Waals surface area (Å²) in [5, 5.41) is 9.49. The number of rotatable bonds is 4. The van der Waals surface area contributed by atoms with Gasteiger partial charge in [0.1, 0.15) is 12.7 Å². The van der Waals surface area contributed by atoms with Crippen LogP contribution in [0.4, 0.5) is 0 Å². The molecule has 84 valence electrons. The third-order valence-electron chi connectivity index (χ3n) is 2.23. The zero-order valence-electron chi connectivity index (χ0n) is 9.09. The summed E-state index contributed by atoms with van der Waals surface area (Å²) in [5.74, 6) is 1.60. The molecule has 3 nitrogen and oxygen atoms in total. The molecular weight excluding hydrogens is 204 g/mol. The van der Waals surface area contributed by atoms with E-state index in [1.165, 1.54) is 0 Å². The molecule has 3 heteroatoms. The van der Waals surface area contributed by atoms with E-state index in [-0.39, 0.29) is 12.5 Å². The van der Waals surface area contributed by atoms with Gasteiger partial charge >= 0.3 is 5.97 Å². The van der Waals surface area contributed by atoms with Crippen LogP contribution in [0, 0.1) is 18.3 Å². The fraction of sp³-hybridized carbons (Fsp3) is 0.308. The Labute approximate surface area is 95.1 Å². The van der Waals surface area contributed by atoms with Gasteiger partial charge in [-0.1, -0.05) is 18.2 Å². The van der Waals surface area contributed by atoms with Crippen LogP contribution in [-0.4, -0.2) is 23.8 Å². The van der Waals surface area contributed by atoms with Crippen LogP contribution in [0.1, 0.15) is 17.3 Å². The molecule has 0 unspecified atom stereocenters. The Morgan fingerprint density at radius 3 is 2.69 bits per heavy atom. The predicted octanol–water partition coefficient (Wildman–Crippen LogP) is 1.47. The molecule has 1 N–H and O–H groups in total. The Balaban J connectivity index is 2.46. The highest BCUT2D eigenvalue weighted by Gasteiger charge is 2.14. The first-order valence-corrected chi connectivity index (χ1v) is 5.01. The number of aliphatic hydroxyl groups is 1. The summed E-state index contributed by atoms with van der Waals surface area (Å²) in [6, 6.07) is 8.61. The Morgan fingerprint density at radius 1 is 1.50 bits per heavy atom. The summed E-state index contributed by atoms with van der Waals surface area (Å²) in [5.41, 5.74) is 0.461. The summed E-state index contributed by atoms with van der Waals surface area (Å²) in [6.45, 7) is 1.61. The van der Waals surface area contributed by atoms with Gasteiger partial charge in [0.2, 0.25) is 0 Å². The Kier molecular flexibility index (Phi) is 4.56. The van der Waals surface area contributed by atoms with Gasteiger partial charge in [0.15, 0.2) is 0 Å². The first kappa shape index (κ1) is 12.3. The average molecular weight is 218 g/mol. The molecule has 2 atom stereocenters. The van der Waals surface area contributed by atoms with Gasteiger partial charge < -0.3 is 9.84 Å². The van der Waals surface area contributed by atoms with Crippen molar-refractivity contribution in [3.63, 3.8) is 0 Å². The number of hydrogen-bond donors (Lipinski definition) is 1. The van der Waals surface area contributed by atoms with Gasteiger partial charge in [-0.05, 0) is 19.1 Å². The van der Waals surface area contributed by atoms with E-state index >= 15 is 0 Å². The fourth-order valence-electron chi connectivity index (χ4n) is 1.07. The lowest BCUT2D eigenvalue weighted by Gasteiger charge is -2.13. The van der Waals surface area contributed by atoms with Crippen molar-refractivity contribution in [2.24, 2.45) is 5.92 Å². The van der Waals surface area contributed by atoms with Crippen molar-refractivity contribution in [1.82, 2.24) is 0 Å². The maximum Gasteiger partial charge on any atom is 0.338 e. The molecule has 1 rings (SSSR count). The van der Waals surface area contributed by atoms with Crippen molar-refractivity contribution in [1.29, 1.82) is 0 Å². The highest BCUT2D eigenvalue weighted by molar-refractivity contribution is 5.89. The van der Waals surface area contributed by atoms with Crippen molar-refractivity contribution >= 4 is 5.97 Å². The molecule has 0 aliphatic heterocycles. The molecule has 0 bridgehead atoms. The van der Waals surface area contributed by atoms with Crippen molar-refractivity contribution in [3.05, 3.63) is 35.9 Å². The number of benzene rings is 1. The molecule has 0 radical (unpaired) electrons. The lowest BCUT2D eigenvalue weighted by Crippen LogP contribution is -2.24. The normalized spacial score (nSPS) is 13.6. The van der Waals surface area contributed by atoms with Crippen LogP contribution >= 0.6 is 0 Å². The zero-order chi connectivity index (χ0) is 12.0. The number of terminal acetylenes is 1. The Hall–Kier alpha value is -1.79. The standard InChI is InChI=1S/C13H14O3/c1-3-10(2)12(14)9-16-13(15)11-7-5-4-6-8-11/h1,4-8,10,12,14H,9H2,2H3/t10-,12-/m0/s1. The van der Waals surface area contributed by atoms with Gasteiger partial charge in [-0.2, -0.15) is 0 Å². The van der Waals surface area contributed by atoms with E-state index < -0.39 is 12.1 Å². The summed E-state index contributed by atoms with van der Waals surface area (Å²) >= 11 is 0. The average Bonchev–Trinajstić information content (AvgIpc) is 2.35. The van der Waals surface area contributed by atoms with Gasteiger partial charge in [-0.25, -0.2) is 4.79 Å². The highest BCUT2D eigenvalue weighted by Crippen LogP contribution is 2.05. The first-order valence-electron chi connectivity index (χ1n) is 5.01. The van der Waals surface area contributed by atoms with E-state index in [1.807, 2.05) is 6.07 Å².